The van der Waals surface area contributed by atoms with E-state index in [1.54, 1.807) is 14.1 Å². The number of aliphatic carboxylic acids is 2. The number of unbranched alkanes of at least 4 members (excludes halogenated alkanes) is 9. The highest BCUT2D eigenvalue weighted by Crippen LogP contribution is 2.28. The normalized spacial score (nSPS) is 15.1. The van der Waals surface area contributed by atoms with Gasteiger partial charge >= 0.3 is 5.97 Å². The van der Waals surface area contributed by atoms with Gasteiger partial charge in [0.05, 0.1) is 14.1 Å². The van der Waals surface area contributed by atoms with E-state index in [1.165, 1.54) is 76.8 Å². The van der Waals surface area contributed by atoms with Crippen LogP contribution >= 0.6 is 12.0 Å². The lowest BCUT2D eigenvalue weighted by Crippen LogP contribution is -2.70. The Bertz CT molecular complexity index is 472. The topological polar surface area (TPSA) is 86.7 Å². The molecular formula is C22H43NO5S. The number of nitrogens with zero attached hydrogens (tertiary/aromatic N) is 1. The third kappa shape index (κ3) is 10.7. The molecule has 2 atom stereocenters. The van der Waals surface area contributed by atoms with Gasteiger partial charge in [-0.1, -0.05) is 64.7 Å². The van der Waals surface area contributed by atoms with E-state index in [4.69, 9.17) is 9.29 Å². The van der Waals surface area contributed by atoms with Crippen LogP contribution in [0.5, 0.6) is 0 Å². The Balaban J connectivity index is 3.98. The molecule has 29 heavy (non-hydrogen) atoms. The van der Waals surface area contributed by atoms with E-state index in [0.717, 1.165) is 12.2 Å². The molecule has 0 saturated carbocycles. The molecule has 6 nitrogen and oxygen atoms in total. The van der Waals surface area contributed by atoms with Crippen LogP contribution in [0, 0.1) is 0 Å². The quantitative estimate of drug-likeness (QED) is 0.188. The number of rotatable bonds is 19. The average molecular weight is 434 g/mol. The van der Waals surface area contributed by atoms with Crippen LogP contribution in [-0.4, -0.2) is 59.6 Å². The van der Waals surface area contributed by atoms with Gasteiger partial charge in [-0.25, -0.2) is 0 Å². The number of carbonyl (C=O) groups is 2. The van der Waals surface area contributed by atoms with Crippen LogP contribution in [0.4, 0.5) is 0 Å². The van der Waals surface area contributed by atoms with E-state index < -0.39 is 23.9 Å². The van der Waals surface area contributed by atoms with Gasteiger partial charge in [0.15, 0.2) is 0 Å². The molecule has 0 aliphatic rings. The smallest absolute Gasteiger partial charge is 0.310 e. The van der Waals surface area contributed by atoms with Gasteiger partial charge in [0.1, 0.15) is 30.6 Å². The lowest BCUT2D eigenvalue weighted by molar-refractivity contribution is -0.952. The van der Waals surface area contributed by atoms with E-state index in [-0.39, 0.29) is 10.5 Å². The summed E-state index contributed by atoms with van der Waals surface area (Å²) >= 11 is 1.42. The Hall–Kier alpha value is -0.790. The van der Waals surface area contributed by atoms with Crippen molar-refractivity contribution in [1.82, 2.24) is 0 Å². The molecule has 0 aromatic carbocycles. The summed E-state index contributed by atoms with van der Waals surface area (Å²) in [7, 11) is 3.44. The monoisotopic (exact) mass is 433 g/mol. The Labute approximate surface area is 182 Å². The Kier molecular flexibility index (Phi) is 14.7. The molecule has 0 radical (unpaired) electrons. The summed E-state index contributed by atoms with van der Waals surface area (Å²) in [5.74, 6) is -1.58. The van der Waals surface area contributed by atoms with Crippen LogP contribution in [0.15, 0.2) is 0 Å². The second kappa shape index (κ2) is 15.1. The minimum absolute atomic E-state index is 0.0134. The third-order valence-electron chi connectivity index (χ3n) is 6.28. The minimum atomic E-state index is -1.52. The van der Waals surface area contributed by atoms with E-state index >= 15 is 0 Å². The second-order valence-corrected chi connectivity index (χ2v) is 9.69. The summed E-state index contributed by atoms with van der Waals surface area (Å²) in [6, 6.07) is -0.183. The molecule has 1 N–H and O–H groups in total. The molecule has 0 saturated heterocycles. The molecule has 0 bridgehead atoms. The lowest BCUT2D eigenvalue weighted by atomic mass is 9.91. The molecule has 2 unspecified atom stereocenters. The van der Waals surface area contributed by atoms with Gasteiger partial charge < -0.3 is 23.7 Å². The highest BCUT2D eigenvalue weighted by atomic mass is 32.2. The van der Waals surface area contributed by atoms with Crippen LogP contribution in [0.3, 0.4) is 0 Å². The SMILES string of the molecule is CCCCCCCCCCCCSOCC(C)[N+](C)(C)C(C)(CC(=O)O)C(=O)[O-]. The Morgan fingerprint density at radius 2 is 1.52 bits per heavy atom. The summed E-state index contributed by atoms with van der Waals surface area (Å²) in [4.78, 5) is 22.8. The van der Waals surface area contributed by atoms with Crippen molar-refractivity contribution in [3.05, 3.63) is 0 Å². The first-order valence-corrected chi connectivity index (χ1v) is 12.0. The zero-order valence-electron chi connectivity index (χ0n) is 19.2. The van der Waals surface area contributed by atoms with Gasteiger partial charge in [0.25, 0.3) is 0 Å². The van der Waals surface area contributed by atoms with E-state index in [2.05, 4.69) is 6.92 Å². The van der Waals surface area contributed by atoms with Crippen LogP contribution < -0.4 is 5.11 Å². The average Bonchev–Trinajstić information content (AvgIpc) is 2.64. The largest absolute Gasteiger partial charge is 0.544 e. The van der Waals surface area contributed by atoms with Crippen LogP contribution in [0.1, 0.15) is 91.4 Å². The summed E-state index contributed by atoms with van der Waals surface area (Å²) in [6.45, 7) is 5.91. The molecule has 0 aliphatic heterocycles. The maximum Gasteiger partial charge on any atom is 0.310 e. The number of likely N-dealkylation sites (N-methyl/N-ethyl adjacent to an activating group) is 1. The van der Waals surface area contributed by atoms with Crippen molar-refractivity contribution in [2.45, 2.75) is 103 Å². The third-order valence-corrected chi connectivity index (χ3v) is 7.04. The molecule has 0 rings (SSSR count). The Morgan fingerprint density at radius 3 is 1.97 bits per heavy atom. The second-order valence-electron chi connectivity index (χ2n) is 8.81. The first-order valence-electron chi connectivity index (χ1n) is 11.1. The summed E-state index contributed by atoms with van der Waals surface area (Å²) in [6.07, 6.45) is 12.5. The maximum atomic E-state index is 11.7. The van der Waals surface area contributed by atoms with Crippen molar-refractivity contribution in [3.63, 3.8) is 0 Å². The van der Waals surface area contributed by atoms with Crippen molar-refractivity contribution >= 4 is 24.0 Å². The first kappa shape index (κ1) is 28.2. The zero-order chi connectivity index (χ0) is 22.3. The fourth-order valence-electron chi connectivity index (χ4n) is 3.33. The highest BCUT2D eigenvalue weighted by Gasteiger charge is 2.47. The lowest BCUT2D eigenvalue weighted by Gasteiger charge is -2.49. The maximum absolute atomic E-state index is 11.7. The molecule has 0 heterocycles. The van der Waals surface area contributed by atoms with E-state index in [1.807, 2.05) is 6.92 Å². The van der Waals surface area contributed by atoms with Gasteiger partial charge in [-0.2, -0.15) is 0 Å². The van der Waals surface area contributed by atoms with Crippen molar-refractivity contribution in [2.24, 2.45) is 0 Å². The number of hydrogen-bond donors (Lipinski definition) is 1. The highest BCUT2D eigenvalue weighted by molar-refractivity contribution is 7.94. The van der Waals surface area contributed by atoms with Crippen molar-refractivity contribution < 1.29 is 28.5 Å². The molecule has 0 spiro atoms. The molecule has 172 valence electrons. The minimum Gasteiger partial charge on any atom is -0.544 e. The molecule has 0 amide bonds. The number of quaternary nitrogens is 1. The number of carboxylic acids is 2. The van der Waals surface area contributed by atoms with Gasteiger partial charge in [-0.15, -0.1) is 0 Å². The molecule has 0 aromatic rings. The fourth-order valence-corrected chi connectivity index (χ4v) is 4.07. The van der Waals surface area contributed by atoms with Crippen LogP contribution in [-0.2, 0) is 13.8 Å². The molecule has 0 aliphatic carbocycles. The first-order chi connectivity index (χ1) is 13.6. The summed E-state index contributed by atoms with van der Waals surface area (Å²) in [5.41, 5.74) is -1.52. The predicted octanol–water partition coefficient (Wildman–Crippen LogP) is 4.02. The summed E-state index contributed by atoms with van der Waals surface area (Å²) < 4.78 is 5.67. The number of hydrogen-bond acceptors (Lipinski definition) is 5. The predicted molar refractivity (Wildman–Crippen MR) is 117 cm³/mol. The van der Waals surface area contributed by atoms with Crippen molar-refractivity contribution in [1.29, 1.82) is 0 Å². The number of carboxylic acid groups (broad SMARTS) is 2. The number of carbonyl (C=O) groups excluding carboxylic acids is 1. The van der Waals surface area contributed by atoms with E-state index in [0.29, 0.717) is 6.61 Å². The van der Waals surface area contributed by atoms with Crippen molar-refractivity contribution in [3.8, 4) is 0 Å². The fraction of sp³-hybridized carbons (Fsp3) is 0.909. The molecular weight excluding hydrogens is 390 g/mol. The standard InChI is InChI=1S/C22H43NO5S/c1-6-7-8-9-10-11-12-13-14-15-16-29-28-18-19(2)23(4,5)22(3,21(26)27)17-20(24)25/h19H,6-18H2,1-5H3,(H-,24,25,26,27). The van der Waals surface area contributed by atoms with Crippen LogP contribution in [0.2, 0.25) is 0 Å². The molecule has 0 aromatic heterocycles. The van der Waals surface area contributed by atoms with E-state index in [9.17, 15) is 14.7 Å². The summed E-state index contributed by atoms with van der Waals surface area (Å²) in [5, 5.41) is 20.8. The molecule has 7 heteroatoms. The van der Waals surface area contributed by atoms with Gasteiger partial charge in [0.2, 0.25) is 0 Å². The molecule has 0 fully saturated rings. The van der Waals surface area contributed by atoms with Gasteiger partial charge in [0, 0.05) is 5.75 Å². The van der Waals surface area contributed by atoms with Crippen molar-refractivity contribution in [2.75, 3.05) is 26.5 Å². The van der Waals surface area contributed by atoms with Gasteiger partial charge in [-0.3, -0.25) is 4.79 Å². The van der Waals surface area contributed by atoms with Crippen LogP contribution in [0.25, 0.3) is 0 Å². The van der Waals surface area contributed by atoms with Gasteiger partial charge in [-0.05, 0) is 32.3 Å². The Morgan fingerprint density at radius 1 is 1.03 bits per heavy atom. The zero-order valence-corrected chi connectivity index (χ0v) is 20.0.